The summed E-state index contributed by atoms with van der Waals surface area (Å²) in [5, 5.41) is 4.99. The number of hydrogen-bond acceptors (Lipinski definition) is 0. The van der Waals surface area contributed by atoms with E-state index in [0.29, 0.717) is 0 Å². The molecule has 15 heavy (non-hydrogen) atoms. The summed E-state index contributed by atoms with van der Waals surface area (Å²) < 4.78 is 0. The molecule has 0 bridgehead atoms. The van der Waals surface area contributed by atoms with Crippen LogP contribution >= 0.6 is 0 Å². The standard InChI is InChI=1S/C14H9B/c15-12-8-7-11-6-5-10-3-1-2-4-13(10)14(11)9-12/h1-9H. The van der Waals surface area contributed by atoms with Crippen LogP contribution in [0.2, 0.25) is 0 Å². The highest BCUT2D eigenvalue weighted by molar-refractivity contribution is 6.33. The minimum absolute atomic E-state index is 0.818. The van der Waals surface area contributed by atoms with Gasteiger partial charge in [0.1, 0.15) is 7.85 Å². The Labute approximate surface area is 89.9 Å². The summed E-state index contributed by atoms with van der Waals surface area (Å²) in [6.45, 7) is 0. The third kappa shape index (κ3) is 1.32. The van der Waals surface area contributed by atoms with Crippen molar-refractivity contribution in [2.45, 2.75) is 0 Å². The summed E-state index contributed by atoms with van der Waals surface area (Å²) in [6, 6.07) is 18.7. The lowest BCUT2D eigenvalue weighted by Crippen LogP contribution is -1.99. The van der Waals surface area contributed by atoms with Gasteiger partial charge < -0.3 is 0 Å². The molecule has 1 heteroatoms. The molecule has 3 aromatic carbocycles. The molecule has 68 valence electrons. The second-order valence-corrected chi connectivity index (χ2v) is 3.77. The molecule has 0 N–H and O–H groups in total. The fourth-order valence-corrected chi connectivity index (χ4v) is 2.02. The van der Waals surface area contributed by atoms with E-state index in [2.05, 4.69) is 42.5 Å². The van der Waals surface area contributed by atoms with Crippen LogP contribution < -0.4 is 5.46 Å². The van der Waals surface area contributed by atoms with Crippen molar-refractivity contribution >= 4 is 34.9 Å². The third-order valence-corrected chi connectivity index (χ3v) is 2.77. The maximum atomic E-state index is 5.81. The van der Waals surface area contributed by atoms with Gasteiger partial charge in [-0.1, -0.05) is 60.1 Å². The molecule has 0 atom stereocenters. The normalized spacial score (nSPS) is 10.9. The van der Waals surface area contributed by atoms with Crippen molar-refractivity contribution < 1.29 is 0 Å². The molecule has 0 unspecified atom stereocenters. The van der Waals surface area contributed by atoms with Crippen LogP contribution in [0.25, 0.3) is 21.5 Å². The van der Waals surface area contributed by atoms with Crippen molar-refractivity contribution in [3.63, 3.8) is 0 Å². The molecular weight excluding hydrogens is 179 g/mol. The molecule has 0 spiro atoms. The van der Waals surface area contributed by atoms with E-state index in [4.69, 9.17) is 7.85 Å². The Bertz CT molecular complexity index is 641. The molecule has 2 radical (unpaired) electrons. The number of benzene rings is 3. The third-order valence-electron chi connectivity index (χ3n) is 2.77. The van der Waals surface area contributed by atoms with Gasteiger partial charge in [0.2, 0.25) is 0 Å². The first-order valence-corrected chi connectivity index (χ1v) is 5.01. The summed E-state index contributed by atoms with van der Waals surface area (Å²) in [6.07, 6.45) is 0. The molecule has 3 rings (SSSR count). The first kappa shape index (κ1) is 8.54. The van der Waals surface area contributed by atoms with E-state index < -0.39 is 0 Å². The van der Waals surface area contributed by atoms with Crippen molar-refractivity contribution in [1.82, 2.24) is 0 Å². The molecule has 0 aromatic heterocycles. The highest BCUT2D eigenvalue weighted by atomic mass is 14.0. The molecule has 0 heterocycles. The van der Waals surface area contributed by atoms with Gasteiger partial charge in [-0.15, -0.1) is 0 Å². The van der Waals surface area contributed by atoms with Crippen LogP contribution in [0.1, 0.15) is 0 Å². The van der Waals surface area contributed by atoms with E-state index in [1.807, 2.05) is 12.1 Å². The topological polar surface area (TPSA) is 0 Å². The van der Waals surface area contributed by atoms with Crippen LogP contribution in [-0.2, 0) is 0 Å². The van der Waals surface area contributed by atoms with E-state index >= 15 is 0 Å². The zero-order valence-corrected chi connectivity index (χ0v) is 8.27. The molecule has 0 aliphatic carbocycles. The van der Waals surface area contributed by atoms with Crippen molar-refractivity contribution in [1.29, 1.82) is 0 Å². The number of fused-ring (bicyclic) bond motifs is 3. The van der Waals surface area contributed by atoms with Gasteiger partial charge in [0.05, 0.1) is 0 Å². The Morgan fingerprint density at radius 3 is 2.20 bits per heavy atom. The van der Waals surface area contributed by atoms with Gasteiger partial charge in [-0.05, 0) is 21.5 Å². The number of rotatable bonds is 0. The molecule has 3 aromatic rings. The molecule has 0 aliphatic heterocycles. The van der Waals surface area contributed by atoms with Gasteiger partial charge in [0, 0.05) is 0 Å². The molecule has 0 nitrogen and oxygen atoms in total. The van der Waals surface area contributed by atoms with Crippen LogP contribution in [0.5, 0.6) is 0 Å². The lowest BCUT2D eigenvalue weighted by atomic mass is 9.91. The lowest BCUT2D eigenvalue weighted by molar-refractivity contribution is 1.79. The highest BCUT2D eigenvalue weighted by Gasteiger charge is 1.98. The van der Waals surface area contributed by atoms with E-state index in [9.17, 15) is 0 Å². The van der Waals surface area contributed by atoms with Crippen molar-refractivity contribution in [2.75, 3.05) is 0 Å². The van der Waals surface area contributed by atoms with Crippen LogP contribution in [0.3, 0.4) is 0 Å². The van der Waals surface area contributed by atoms with Gasteiger partial charge in [-0.2, -0.15) is 0 Å². The predicted octanol–water partition coefficient (Wildman–Crippen LogP) is 2.79. The fourth-order valence-electron chi connectivity index (χ4n) is 2.02. The Balaban J connectivity index is 2.57. The first-order chi connectivity index (χ1) is 7.34. The van der Waals surface area contributed by atoms with Gasteiger partial charge in [0.25, 0.3) is 0 Å². The van der Waals surface area contributed by atoms with Crippen LogP contribution in [0, 0.1) is 0 Å². The molecule has 0 saturated heterocycles. The van der Waals surface area contributed by atoms with Crippen molar-refractivity contribution in [2.24, 2.45) is 0 Å². The van der Waals surface area contributed by atoms with Crippen molar-refractivity contribution in [3.05, 3.63) is 54.6 Å². The average Bonchev–Trinajstić information content (AvgIpc) is 2.29. The van der Waals surface area contributed by atoms with Gasteiger partial charge in [0.15, 0.2) is 0 Å². The SMILES string of the molecule is [B]c1ccc2ccc3ccccc3c2c1. The predicted molar refractivity (Wildman–Crippen MR) is 66.8 cm³/mol. The molecule has 0 amide bonds. The summed E-state index contributed by atoms with van der Waals surface area (Å²) in [7, 11) is 5.81. The Kier molecular flexibility index (Phi) is 1.78. The van der Waals surface area contributed by atoms with E-state index in [-0.39, 0.29) is 0 Å². The zero-order chi connectivity index (χ0) is 10.3. The minimum atomic E-state index is 0.818. The molecule has 0 fully saturated rings. The van der Waals surface area contributed by atoms with Crippen molar-refractivity contribution in [3.8, 4) is 0 Å². The van der Waals surface area contributed by atoms with Crippen LogP contribution in [0.15, 0.2) is 54.6 Å². The largest absolute Gasteiger partial charge is 0.113 e. The van der Waals surface area contributed by atoms with E-state index in [1.165, 1.54) is 21.5 Å². The molecule has 0 aliphatic rings. The van der Waals surface area contributed by atoms with E-state index in [0.717, 1.165) is 5.46 Å². The minimum Gasteiger partial charge on any atom is -0.0960 e. The fraction of sp³-hybridized carbons (Fsp3) is 0. The van der Waals surface area contributed by atoms with Gasteiger partial charge >= 0.3 is 0 Å². The second-order valence-electron chi connectivity index (χ2n) is 3.77. The van der Waals surface area contributed by atoms with E-state index in [1.54, 1.807) is 0 Å². The first-order valence-electron chi connectivity index (χ1n) is 5.01. The Hall–Kier alpha value is -1.76. The van der Waals surface area contributed by atoms with Crippen LogP contribution in [-0.4, -0.2) is 7.85 Å². The highest BCUT2D eigenvalue weighted by Crippen LogP contribution is 2.23. The maximum Gasteiger partial charge on any atom is 0.113 e. The second kappa shape index (κ2) is 3.13. The summed E-state index contributed by atoms with van der Waals surface area (Å²) in [5.74, 6) is 0. The summed E-state index contributed by atoms with van der Waals surface area (Å²) in [4.78, 5) is 0. The number of hydrogen-bond donors (Lipinski definition) is 0. The molecule has 0 saturated carbocycles. The Morgan fingerprint density at radius 2 is 1.33 bits per heavy atom. The van der Waals surface area contributed by atoms with Crippen LogP contribution in [0.4, 0.5) is 0 Å². The van der Waals surface area contributed by atoms with Gasteiger partial charge in [-0.25, -0.2) is 0 Å². The molecular formula is C14H9B. The summed E-state index contributed by atoms with van der Waals surface area (Å²) >= 11 is 0. The lowest BCUT2D eigenvalue weighted by Gasteiger charge is -2.04. The maximum absolute atomic E-state index is 5.81. The Morgan fingerprint density at radius 1 is 0.667 bits per heavy atom. The quantitative estimate of drug-likeness (QED) is 0.376. The van der Waals surface area contributed by atoms with Gasteiger partial charge in [-0.3, -0.25) is 0 Å². The smallest absolute Gasteiger partial charge is 0.0960 e. The average molecular weight is 188 g/mol. The monoisotopic (exact) mass is 188 g/mol. The summed E-state index contributed by atoms with van der Waals surface area (Å²) in [5.41, 5.74) is 0.818. The zero-order valence-electron chi connectivity index (χ0n) is 8.27.